The topological polar surface area (TPSA) is 67.6 Å². The molecule has 0 aromatic rings. The molecule has 162 valence electrons. The zero-order chi connectivity index (χ0) is 20.1. The lowest BCUT2D eigenvalue weighted by atomic mass is 9.71. The number of amides is 2. The highest BCUT2D eigenvalue weighted by Crippen LogP contribution is 2.46. The number of hydrogen-bond acceptors (Lipinski definition) is 3. The molecule has 3 aliphatic rings. The zero-order valence-electron chi connectivity index (χ0n) is 16.6. The number of carbonyl (C=O) groups is 1. The van der Waals surface area contributed by atoms with E-state index in [-0.39, 0.29) is 24.7 Å². The molecule has 4 atom stereocenters. The Morgan fingerprint density at radius 1 is 1.07 bits per heavy atom. The molecule has 28 heavy (non-hydrogen) atoms. The summed E-state index contributed by atoms with van der Waals surface area (Å²) >= 11 is 0. The minimum Gasteiger partial charge on any atom is -0.379 e. The van der Waals surface area contributed by atoms with Gasteiger partial charge in [-0.2, -0.15) is 13.2 Å². The number of primary amides is 1. The lowest BCUT2D eigenvalue weighted by Crippen LogP contribution is -2.43. The third-order valence-electron chi connectivity index (χ3n) is 6.98. The maximum Gasteiger partial charge on any atom is 0.391 e. The van der Waals surface area contributed by atoms with E-state index in [1.807, 2.05) is 0 Å². The van der Waals surface area contributed by atoms with Gasteiger partial charge in [0.05, 0.1) is 19.1 Å². The van der Waals surface area contributed by atoms with Gasteiger partial charge in [-0.15, -0.1) is 0 Å². The Bertz CT molecular complexity index is 505. The second-order valence-electron chi connectivity index (χ2n) is 8.89. The zero-order valence-corrected chi connectivity index (χ0v) is 16.6. The van der Waals surface area contributed by atoms with Gasteiger partial charge in [0.1, 0.15) is 0 Å². The molecule has 4 unspecified atom stereocenters. The van der Waals surface area contributed by atoms with Gasteiger partial charge in [-0.05, 0) is 37.0 Å². The summed E-state index contributed by atoms with van der Waals surface area (Å²) < 4.78 is 46.7. The maximum atomic E-state index is 13.8. The number of ether oxygens (including phenoxy) is 1. The van der Waals surface area contributed by atoms with Crippen LogP contribution in [0.1, 0.15) is 51.4 Å². The SMILES string of the molecule is NC(=O)NC1CC(C2CCCCC2)C(CN2CCOCC2)CC(C(F)(F)F)C1. The number of urea groups is 1. The van der Waals surface area contributed by atoms with Crippen LogP contribution in [0.25, 0.3) is 0 Å². The summed E-state index contributed by atoms with van der Waals surface area (Å²) in [6.07, 6.45) is 2.15. The van der Waals surface area contributed by atoms with Crippen LogP contribution in [0.5, 0.6) is 0 Å². The van der Waals surface area contributed by atoms with Gasteiger partial charge >= 0.3 is 12.2 Å². The standard InChI is InChI=1S/C20H34F3N3O2/c21-20(22,23)16-10-15(13-26-6-8-28-9-7-26)18(14-4-2-1-3-5-14)12-17(11-16)25-19(24)27/h14-18H,1-13H2,(H3,24,25,27). The molecule has 2 amide bonds. The smallest absolute Gasteiger partial charge is 0.379 e. The highest BCUT2D eigenvalue weighted by molar-refractivity contribution is 5.71. The molecule has 0 bridgehead atoms. The van der Waals surface area contributed by atoms with E-state index in [0.29, 0.717) is 32.1 Å². The Hall–Kier alpha value is -1.02. The van der Waals surface area contributed by atoms with Crippen LogP contribution >= 0.6 is 0 Å². The molecule has 1 heterocycles. The van der Waals surface area contributed by atoms with Crippen molar-refractivity contribution >= 4 is 6.03 Å². The fourth-order valence-corrected chi connectivity index (χ4v) is 5.65. The van der Waals surface area contributed by atoms with Crippen molar-refractivity contribution in [3.8, 4) is 0 Å². The number of hydrogen-bond donors (Lipinski definition) is 2. The van der Waals surface area contributed by atoms with E-state index in [1.54, 1.807) is 0 Å². The van der Waals surface area contributed by atoms with E-state index in [4.69, 9.17) is 10.5 Å². The van der Waals surface area contributed by atoms with Crippen LogP contribution in [-0.4, -0.2) is 56.0 Å². The van der Waals surface area contributed by atoms with E-state index in [9.17, 15) is 18.0 Å². The number of rotatable bonds is 4. The first-order chi connectivity index (χ1) is 13.3. The highest BCUT2D eigenvalue weighted by Gasteiger charge is 2.47. The largest absolute Gasteiger partial charge is 0.391 e. The Kier molecular flexibility index (Phi) is 7.48. The quantitative estimate of drug-likeness (QED) is 0.703. The lowest BCUT2D eigenvalue weighted by Gasteiger charge is -2.39. The van der Waals surface area contributed by atoms with Gasteiger partial charge in [0.25, 0.3) is 0 Å². The molecule has 1 saturated heterocycles. The molecule has 0 radical (unpaired) electrons. The number of alkyl halides is 3. The van der Waals surface area contributed by atoms with Crippen LogP contribution in [0.2, 0.25) is 0 Å². The van der Waals surface area contributed by atoms with Gasteiger partial charge in [0.15, 0.2) is 0 Å². The minimum atomic E-state index is -4.25. The molecular weight excluding hydrogens is 371 g/mol. The summed E-state index contributed by atoms with van der Waals surface area (Å²) in [7, 11) is 0. The van der Waals surface area contributed by atoms with Crippen molar-refractivity contribution in [1.29, 1.82) is 0 Å². The predicted molar refractivity (Wildman–Crippen MR) is 101 cm³/mol. The Labute approximate surface area is 165 Å². The Balaban J connectivity index is 1.82. The number of halogens is 3. The summed E-state index contributed by atoms with van der Waals surface area (Å²) in [5, 5.41) is 2.62. The van der Waals surface area contributed by atoms with Crippen LogP contribution in [0.15, 0.2) is 0 Å². The summed E-state index contributed by atoms with van der Waals surface area (Å²) in [6.45, 7) is 3.56. The summed E-state index contributed by atoms with van der Waals surface area (Å²) in [4.78, 5) is 13.7. The van der Waals surface area contributed by atoms with Crippen LogP contribution in [-0.2, 0) is 4.74 Å². The summed E-state index contributed by atoms with van der Waals surface area (Å²) in [5.41, 5.74) is 5.28. The number of carbonyl (C=O) groups excluding carboxylic acids is 1. The van der Waals surface area contributed by atoms with Crippen LogP contribution in [0.3, 0.4) is 0 Å². The van der Waals surface area contributed by atoms with Crippen molar-refractivity contribution in [2.24, 2.45) is 29.4 Å². The highest BCUT2D eigenvalue weighted by atomic mass is 19.4. The van der Waals surface area contributed by atoms with Crippen molar-refractivity contribution in [3.05, 3.63) is 0 Å². The average molecular weight is 406 g/mol. The molecule has 0 spiro atoms. The van der Waals surface area contributed by atoms with Gasteiger partial charge in [-0.3, -0.25) is 4.90 Å². The van der Waals surface area contributed by atoms with Crippen LogP contribution < -0.4 is 11.1 Å². The fourth-order valence-electron chi connectivity index (χ4n) is 5.65. The van der Waals surface area contributed by atoms with Crippen molar-refractivity contribution in [2.75, 3.05) is 32.8 Å². The minimum absolute atomic E-state index is 0.00694. The molecule has 3 rings (SSSR count). The van der Waals surface area contributed by atoms with Crippen molar-refractivity contribution in [2.45, 2.75) is 63.6 Å². The van der Waals surface area contributed by atoms with E-state index >= 15 is 0 Å². The average Bonchev–Trinajstić information content (AvgIpc) is 2.82. The van der Waals surface area contributed by atoms with Crippen LogP contribution in [0, 0.1) is 23.7 Å². The predicted octanol–water partition coefficient (Wildman–Crippen LogP) is 3.53. The van der Waals surface area contributed by atoms with E-state index in [1.165, 1.54) is 6.42 Å². The second-order valence-corrected chi connectivity index (χ2v) is 8.89. The maximum absolute atomic E-state index is 13.8. The number of morpholine rings is 1. The molecule has 2 saturated carbocycles. The summed E-state index contributed by atoms with van der Waals surface area (Å²) in [6, 6.07) is -1.22. The Morgan fingerprint density at radius 3 is 2.36 bits per heavy atom. The van der Waals surface area contributed by atoms with E-state index in [2.05, 4.69) is 10.2 Å². The first-order valence-corrected chi connectivity index (χ1v) is 10.8. The molecule has 0 aromatic carbocycles. The van der Waals surface area contributed by atoms with Gasteiger partial charge in [0.2, 0.25) is 0 Å². The van der Waals surface area contributed by atoms with Gasteiger partial charge in [0, 0.05) is 25.7 Å². The van der Waals surface area contributed by atoms with Crippen molar-refractivity contribution < 1.29 is 22.7 Å². The first-order valence-electron chi connectivity index (χ1n) is 10.8. The third-order valence-corrected chi connectivity index (χ3v) is 6.98. The van der Waals surface area contributed by atoms with E-state index < -0.39 is 24.2 Å². The normalized spacial score (nSPS) is 34.0. The molecule has 3 N–H and O–H groups in total. The van der Waals surface area contributed by atoms with Crippen molar-refractivity contribution in [3.63, 3.8) is 0 Å². The molecule has 2 aliphatic carbocycles. The van der Waals surface area contributed by atoms with Gasteiger partial charge < -0.3 is 15.8 Å². The number of nitrogens with zero attached hydrogens (tertiary/aromatic N) is 1. The molecule has 8 heteroatoms. The Morgan fingerprint density at radius 2 is 1.75 bits per heavy atom. The molecule has 3 fully saturated rings. The second kappa shape index (κ2) is 9.65. The third kappa shape index (κ3) is 5.99. The molecule has 5 nitrogen and oxygen atoms in total. The van der Waals surface area contributed by atoms with E-state index in [0.717, 1.165) is 38.8 Å². The summed E-state index contributed by atoms with van der Waals surface area (Å²) in [5.74, 6) is -0.743. The van der Waals surface area contributed by atoms with Gasteiger partial charge in [-0.1, -0.05) is 32.1 Å². The molecular formula is C20H34F3N3O2. The monoisotopic (exact) mass is 405 g/mol. The first kappa shape index (κ1) is 21.7. The lowest BCUT2D eigenvalue weighted by molar-refractivity contribution is -0.181. The molecule has 1 aliphatic heterocycles. The van der Waals surface area contributed by atoms with Crippen LogP contribution in [0.4, 0.5) is 18.0 Å². The number of nitrogens with two attached hydrogens (primary N) is 1. The molecule has 0 aromatic heterocycles. The number of nitrogens with one attached hydrogen (secondary N) is 1. The van der Waals surface area contributed by atoms with Crippen molar-refractivity contribution in [1.82, 2.24) is 10.2 Å². The fraction of sp³-hybridized carbons (Fsp3) is 0.950. The van der Waals surface area contributed by atoms with Gasteiger partial charge in [-0.25, -0.2) is 4.79 Å².